The molecule has 0 aliphatic rings. The fourth-order valence-electron chi connectivity index (χ4n) is 2.08. The van der Waals surface area contributed by atoms with Crippen LogP contribution in [0.25, 0.3) is 0 Å². The molecule has 0 heterocycles. The highest BCUT2D eigenvalue weighted by Crippen LogP contribution is 2.25. The zero-order valence-corrected chi connectivity index (χ0v) is 14.5. The van der Waals surface area contributed by atoms with Crippen LogP contribution in [0.5, 0.6) is 5.75 Å². The van der Waals surface area contributed by atoms with E-state index in [1.54, 1.807) is 0 Å². The Morgan fingerprint density at radius 1 is 1.40 bits per heavy atom. The number of nitrogens with one attached hydrogen (secondary N) is 1. The summed E-state index contributed by atoms with van der Waals surface area (Å²) < 4.78 is 6.56. The first-order valence-corrected chi connectivity index (χ1v) is 7.95. The molecule has 0 bridgehead atoms. The number of halogens is 1. The molecule has 0 aliphatic heterocycles. The largest absolute Gasteiger partial charge is 0.490 e. The fraction of sp³-hybridized carbons (Fsp3) is 0.625. The summed E-state index contributed by atoms with van der Waals surface area (Å²) in [6, 6.07) is 5.92. The number of β-amino-alcohol motifs (C(OH)–C–C–N with tert-alkyl or cyclic N) is 1. The monoisotopic (exact) mass is 343 g/mol. The van der Waals surface area contributed by atoms with Crippen LogP contribution in [-0.4, -0.2) is 29.9 Å². The van der Waals surface area contributed by atoms with Gasteiger partial charge < -0.3 is 15.2 Å². The molecule has 0 saturated carbocycles. The first-order valence-electron chi connectivity index (χ1n) is 7.16. The lowest BCUT2D eigenvalue weighted by Crippen LogP contribution is -2.44. The SMILES string of the molecule is CCCC(C)(C)NCC(O)COc1ccc(C)cc1Br. The first kappa shape index (κ1) is 17.5. The normalized spacial score (nSPS) is 13.3. The highest BCUT2D eigenvalue weighted by Gasteiger charge is 2.17. The van der Waals surface area contributed by atoms with Crippen molar-refractivity contribution in [2.45, 2.75) is 52.2 Å². The Labute approximate surface area is 130 Å². The smallest absolute Gasteiger partial charge is 0.133 e. The van der Waals surface area contributed by atoms with Gasteiger partial charge in [0, 0.05) is 12.1 Å². The molecule has 1 unspecified atom stereocenters. The molecule has 0 saturated heterocycles. The van der Waals surface area contributed by atoms with Crippen LogP contribution in [0.4, 0.5) is 0 Å². The molecule has 0 radical (unpaired) electrons. The number of aliphatic hydroxyl groups is 1. The van der Waals surface area contributed by atoms with Crippen molar-refractivity contribution in [3.63, 3.8) is 0 Å². The van der Waals surface area contributed by atoms with Crippen LogP contribution in [0.1, 0.15) is 39.2 Å². The Hall–Kier alpha value is -0.580. The van der Waals surface area contributed by atoms with Gasteiger partial charge in [0.1, 0.15) is 18.5 Å². The molecule has 0 aliphatic carbocycles. The molecule has 2 N–H and O–H groups in total. The van der Waals surface area contributed by atoms with Crippen molar-refractivity contribution in [1.82, 2.24) is 5.32 Å². The maximum atomic E-state index is 9.98. The van der Waals surface area contributed by atoms with Crippen molar-refractivity contribution in [3.05, 3.63) is 28.2 Å². The van der Waals surface area contributed by atoms with Crippen LogP contribution in [0.2, 0.25) is 0 Å². The molecule has 1 atom stereocenters. The van der Waals surface area contributed by atoms with Gasteiger partial charge in [0.05, 0.1) is 4.47 Å². The number of aliphatic hydroxyl groups excluding tert-OH is 1. The Kier molecular flexibility index (Phi) is 7.00. The van der Waals surface area contributed by atoms with Crippen LogP contribution in [0, 0.1) is 6.92 Å². The van der Waals surface area contributed by atoms with Crippen LogP contribution >= 0.6 is 15.9 Å². The van der Waals surface area contributed by atoms with E-state index < -0.39 is 6.10 Å². The lowest BCUT2D eigenvalue weighted by atomic mass is 9.99. The topological polar surface area (TPSA) is 41.5 Å². The third-order valence-corrected chi connectivity index (χ3v) is 3.83. The number of hydrogen-bond donors (Lipinski definition) is 2. The van der Waals surface area contributed by atoms with Crippen LogP contribution in [0.3, 0.4) is 0 Å². The van der Waals surface area contributed by atoms with E-state index in [4.69, 9.17) is 4.74 Å². The van der Waals surface area contributed by atoms with E-state index in [0.717, 1.165) is 23.1 Å². The highest BCUT2D eigenvalue weighted by atomic mass is 79.9. The van der Waals surface area contributed by atoms with E-state index in [1.807, 2.05) is 25.1 Å². The highest BCUT2D eigenvalue weighted by molar-refractivity contribution is 9.10. The molecule has 1 aromatic carbocycles. The average molecular weight is 344 g/mol. The summed E-state index contributed by atoms with van der Waals surface area (Å²) in [6.45, 7) is 9.33. The van der Waals surface area contributed by atoms with Gasteiger partial charge in [-0.05, 0) is 60.8 Å². The van der Waals surface area contributed by atoms with Gasteiger partial charge >= 0.3 is 0 Å². The minimum atomic E-state index is -0.515. The Bertz CT molecular complexity index is 421. The van der Waals surface area contributed by atoms with E-state index in [0.29, 0.717) is 6.54 Å². The number of benzene rings is 1. The molecule has 20 heavy (non-hydrogen) atoms. The van der Waals surface area contributed by atoms with Crippen molar-refractivity contribution < 1.29 is 9.84 Å². The third-order valence-electron chi connectivity index (χ3n) is 3.21. The summed E-state index contributed by atoms with van der Waals surface area (Å²) in [7, 11) is 0. The third kappa shape index (κ3) is 6.25. The number of aryl methyl sites for hydroxylation is 1. The van der Waals surface area contributed by atoms with E-state index in [1.165, 1.54) is 5.56 Å². The summed E-state index contributed by atoms with van der Waals surface area (Å²) in [5, 5.41) is 13.4. The van der Waals surface area contributed by atoms with E-state index in [2.05, 4.69) is 42.0 Å². The molecule has 0 aromatic heterocycles. The Morgan fingerprint density at radius 3 is 2.70 bits per heavy atom. The van der Waals surface area contributed by atoms with Crippen LogP contribution < -0.4 is 10.1 Å². The first-order chi connectivity index (χ1) is 9.34. The predicted octanol–water partition coefficient (Wildman–Crippen LogP) is 3.67. The molecule has 4 heteroatoms. The zero-order valence-electron chi connectivity index (χ0n) is 12.9. The number of hydrogen-bond acceptors (Lipinski definition) is 3. The minimum Gasteiger partial charge on any atom is -0.490 e. The molecule has 0 spiro atoms. The minimum absolute atomic E-state index is 0.0557. The van der Waals surface area contributed by atoms with Crippen molar-refractivity contribution in [1.29, 1.82) is 0 Å². The summed E-state index contributed by atoms with van der Waals surface area (Å²) in [4.78, 5) is 0. The number of ether oxygens (including phenoxy) is 1. The van der Waals surface area contributed by atoms with Crippen molar-refractivity contribution in [2.24, 2.45) is 0 Å². The number of rotatable bonds is 8. The molecule has 1 aromatic rings. The Balaban J connectivity index is 2.38. The lowest BCUT2D eigenvalue weighted by Gasteiger charge is -2.27. The summed E-state index contributed by atoms with van der Waals surface area (Å²) in [5.41, 5.74) is 1.23. The lowest BCUT2D eigenvalue weighted by molar-refractivity contribution is 0.0977. The molecule has 0 amide bonds. The quantitative estimate of drug-likeness (QED) is 0.756. The van der Waals surface area contributed by atoms with Gasteiger partial charge in [-0.25, -0.2) is 0 Å². The van der Waals surface area contributed by atoms with Gasteiger partial charge in [-0.15, -0.1) is 0 Å². The summed E-state index contributed by atoms with van der Waals surface area (Å²) in [6.07, 6.45) is 1.70. The Morgan fingerprint density at radius 2 is 2.10 bits per heavy atom. The van der Waals surface area contributed by atoms with E-state index >= 15 is 0 Å². The molecule has 3 nitrogen and oxygen atoms in total. The molecular formula is C16H26BrNO2. The fourth-order valence-corrected chi connectivity index (χ4v) is 2.68. The molecule has 114 valence electrons. The van der Waals surface area contributed by atoms with Crippen molar-refractivity contribution in [3.8, 4) is 5.75 Å². The van der Waals surface area contributed by atoms with Crippen molar-refractivity contribution in [2.75, 3.05) is 13.2 Å². The predicted molar refractivity (Wildman–Crippen MR) is 87.4 cm³/mol. The second kappa shape index (κ2) is 8.01. The second-order valence-electron chi connectivity index (χ2n) is 5.91. The summed E-state index contributed by atoms with van der Waals surface area (Å²) >= 11 is 3.47. The van der Waals surface area contributed by atoms with Gasteiger partial charge in [0.25, 0.3) is 0 Å². The zero-order chi connectivity index (χ0) is 15.2. The van der Waals surface area contributed by atoms with Gasteiger partial charge in [0.15, 0.2) is 0 Å². The maximum absolute atomic E-state index is 9.98. The standard InChI is InChI=1S/C16H26BrNO2/c1-5-8-16(3,4)18-10-13(19)11-20-15-7-6-12(2)9-14(15)17/h6-7,9,13,18-19H,5,8,10-11H2,1-4H3. The molecular weight excluding hydrogens is 318 g/mol. The van der Waals surface area contributed by atoms with Gasteiger partial charge in [-0.2, -0.15) is 0 Å². The molecule has 0 fully saturated rings. The summed E-state index contributed by atoms with van der Waals surface area (Å²) in [5.74, 6) is 0.766. The van der Waals surface area contributed by atoms with Gasteiger partial charge in [0.2, 0.25) is 0 Å². The average Bonchev–Trinajstić information content (AvgIpc) is 2.35. The second-order valence-corrected chi connectivity index (χ2v) is 6.77. The van der Waals surface area contributed by atoms with Crippen LogP contribution in [0.15, 0.2) is 22.7 Å². The molecule has 1 rings (SSSR count). The van der Waals surface area contributed by atoms with Gasteiger partial charge in [-0.1, -0.05) is 19.4 Å². The van der Waals surface area contributed by atoms with E-state index in [9.17, 15) is 5.11 Å². The van der Waals surface area contributed by atoms with Crippen LogP contribution in [-0.2, 0) is 0 Å². The van der Waals surface area contributed by atoms with Crippen molar-refractivity contribution >= 4 is 15.9 Å². The van der Waals surface area contributed by atoms with E-state index in [-0.39, 0.29) is 12.1 Å². The van der Waals surface area contributed by atoms with Gasteiger partial charge in [-0.3, -0.25) is 0 Å². The maximum Gasteiger partial charge on any atom is 0.133 e.